The number of ether oxygens (including phenoxy) is 1. The van der Waals surface area contributed by atoms with Crippen molar-refractivity contribution in [1.29, 1.82) is 0 Å². The summed E-state index contributed by atoms with van der Waals surface area (Å²) in [6, 6.07) is 7.39. The summed E-state index contributed by atoms with van der Waals surface area (Å²) in [6.45, 7) is 0.718. The molecule has 2 heterocycles. The molecule has 0 bridgehead atoms. The van der Waals surface area contributed by atoms with Crippen molar-refractivity contribution in [3.8, 4) is 11.4 Å². The van der Waals surface area contributed by atoms with Crippen LogP contribution in [0.3, 0.4) is 0 Å². The molecule has 2 aliphatic rings. The number of carbonyl (C=O) groups is 2. The molecule has 3 atom stereocenters. The molecule has 142 valence electrons. The fourth-order valence-corrected chi connectivity index (χ4v) is 3.98. The summed E-state index contributed by atoms with van der Waals surface area (Å²) >= 11 is 0. The average molecular weight is 370 g/mol. The van der Waals surface area contributed by atoms with E-state index in [0.717, 1.165) is 25.1 Å². The second kappa shape index (κ2) is 7.34. The molecular weight excluding hydrogens is 348 g/mol. The lowest BCUT2D eigenvalue weighted by Gasteiger charge is -2.24. The number of likely N-dealkylation sites (N-methyl/N-ethyl adjacent to an activating group) is 1. The third kappa shape index (κ3) is 3.76. The van der Waals surface area contributed by atoms with Gasteiger partial charge in [0.2, 0.25) is 5.91 Å². The molecule has 1 aromatic carbocycles. The number of hydrogen-bond donors (Lipinski definition) is 1. The van der Waals surface area contributed by atoms with E-state index in [4.69, 9.17) is 4.74 Å². The summed E-state index contributed by atoms with van der Waals surface area (Å²) < 4.78 is 7.18. The molecule has 4 rings (SSSR count). The van der Waals surface area contributed by atoms with Gasteiger partial charge in [0.1, 0.15) is 12.1 Å². The standard InChI is InChI=1S/C18H22N6O3/c1-23(15-6-12-8-17(25)19-9-13(12)7-15)18(26)10-27-16-4-2-14(3-5-16)24-11-20-21-22-24/h2-5,11-13,15H,6-10H2,1H3,(H,19,25)/t12-,13+,15-/m1/s1. The number of aromatic nitrogens is 4. The van der Waals surface area contributed by atoms with E-state index in [1.807, 2.05) is 19.2 Å². The SMILES string of the molecule is CN(C(=O)COc1ccc(-n2cnnn2)cc1)[C@H]1C[C@H]2CNC(=O)C[C@H]2C1. The fourth-order valence-electron chi connectivity index (χ4n) is 3.98. The van der Waals surface area contributed by atoms with Crippen molar-refractivity contribution in [2.45, 2.75) is 25.3 Å². The average Bonchev–Trinajstić information content (AvgIpc) is 3.35. The number of rotatable bonds is 5. The largest absolute Gasteiger partial charge is 0.484 e. The normalized spacial score (nSPS) is 24.2. The number of fused-ring (bicyclic) bond motifs is 1. The topological polar surface area (TPSA) is 102 Å². The molecule has 9 nitrogen and oxygen atoms in total. The van der Waals surface area contributed by atoms with Crippen LogP contribution >= 0.6 is 0 Å². The van der Waals surface area contributed by atoms with E-state index in [0.29, 0.717) is 24.0 Å². The zero-order valence-electron chi connectivity index (χ0n) is 15.1. The van der Waals surface area contributed by atoms with Crippen LogP contribution in [0.5, 0.6) is 5.75 Å². The van der Waals surface area contributed by atoms with Gasteiger partial charge in [-0.1, -0.05) is 0 Å². The summed E-state index contributed by atoms with van der Waals surface area (Å²) in [6.07, 6.45) is 3.92. The van der Waals surface area contributed by atoms with Crippen LogP contribution in [0.15, 0.2) is 30.6 Å². The van der Waals surface area contributed by atoms with Crippen LogP contribution in [0, 0.1) is 11.8 Å². The minimum absolute atomic E-state index is 0.0102. The molecule has 2 amide bonds. The molecule has 0 spiro atoms. The molecule has 1 aromatic heterocycles. The molecule has 1 aliphatic carbocycles. The summed E-state index contributed by atoms with van der Waals surface area (Å²) in [5, 5.41) is 13.9. The van der Waals surface area contributed by atoms with Crippen LogP contribution in [0.1, 0.15) is 19.3 Å². The van der Waals surface area contributed by atoms with E-state index in [1.165, 1.54) is 6.33 Å². The Balaban J connectivity index is 1.29. The Bertz CT molecular complexity index is 807. The molecule has 0 radical (unpaired) electrons. The Hall–Kier alpha value is -2.97. The Kier molecular flexibility index (Phi) is 4.74. The first-order chi connectivity index (χ1) is 13.1. The van der Waals surface area contributed by atoms with Gasteiger partial charge in [0, 0.05) is 26.1 Å². The van der Waals surface area contributed by atoms with Crippen LogP contribution in [-0.4, -0.2) is 63.2 Å². The van der Waals surface area contributed by atoms with E-state index in [-0.39, 0.29) is 24.5 Å². The van der Waals surface area contributed by atoms with Crippen molar-refractivity contribution in [1.82, 2.24) is 30.4 Å². The van der Waals surface area contributed by atoms with E-state index in [9.17, 15) is 9.59 Å². The highest BCUT2D eigenvalue weighted by Crippen LogP contribution is 2.38. The lowest BCUT2D eigenvalue weighted by atomic mass is 9.89. The van der Waals surface area contributed by atoms with Gasteiger partial charge in [-0.3, -0.25) is 9.59 Å². The smallest absolute Gasteiger partial charge is 0.260 e. The number of hydrogen-bond acceptors (Lipinski definition) is 6. The van der Waals surface area contributed by atoms with Crippen LogP contribution in [0.2, 0.25) is 0 Å². The quantitative estimate of drug-likeness (QED) is 0.818. The van der Waals surface area contributed by atoms with Crippen molar-refractivity contribution >= 4 is 11.8 Å². The fraction of sp³-hybridized carbons (Fsp3) is 0.500. The Labute approximate surface area is 156 Å². The monoisotopic (exact) mass is 370 g/mol. The number of amides is 2. The molecule has 9 heteroatoms. The predicted molar refractivity (Wildman–Crippen MR) is 95.0 cm³/mol. The van der Waals surface area contributed by atoms with Crippen molar-refractivity contribution in [2.75, 3.05) is 20.2 Å². The molecule has 1 saturated carbocycles. The molecule has 27 heavy (non-hydrogen) atoms. The van der Waals surface area contributed by atoms with Gasteiger partial charge in [0.05, 0.1) is 5.69 Å². The molecular formula is C18H22N6O3. The maximum absolute atomic E-state index is 12.5. The lowest BCUT2D eigenvalue weighted by Crippen LogP contribution is -2.39. The van der Waals surface area contributed by atoms with Crippen molar-refractivity contribution < 1.29 is 14.3 Å². The second-order valence-corrected chi connectivity index (χ2v) is 7.20. The van der Waals surface area contributed by atoms with Gasteiger partial charge in [-0.25, -0.2) is 4.68 Å². The molecule has 2 fully saturated rings. The van der Waals surface area contributed by atoms with Crippen LogP contribution in [0.4, 0.5) is 0 Å². The highest BCUT2D eigenvalue weighted by molar-refractivity contribution is 5.78. The number of piperidine rings is 1. The number of benzene rings is 1. The third-order valence-corrected chi connectivity index (χ3v) is 5.58. The van der Waals surface area contributed by atoms with E-state index in [2.05, 4.69) is 20.8 Å². The van der Waals surface area contributed by atoms with Crippen LogP contribution < -0.4 is 10.1 Å². The number of nitrogens with one attached hydrogen (secondary N) is 1. The maximum atomic E-state index is 12.5. The van der Waals surface area contributed by atoms with Crippen LogP contribution in [0.25, 0.3) is 5.69 Å². The predicted octanol–water partition coefficient (Wildman–Crippen LogP) is 0.414. The van der Waals surface area contributed by atoms with E-state index in [1.54, 1.807) is 21.7 Å². The van der Waals surface area contributed by atoms with Gasteiger partial charge in [-0.05, 0) is 59.4 Å². The van der Waals surface area contributed by atoms with Gasteiger partial charge in [-0.2, -0.15) is 0 Å². The van der Waals surface area contributed by atoms with Gasteiger partial charge in [-0.15, -0.1) is 5.10 Å². The zero-order chi connectivity index (χ0) is 18.8. The second-order valence-electron chi connectivity index (χ2n) is 7.20. The summed E-state index contributed by atoms with van der Waals surface area (Å²) in [4.78, 5) is 25.8. The highest BCUT2D eigenvalue weighted by atomic mass is 16.5. The first-order valence-electron chi connectivity index (χ1n) is 9.08. The Morgan fingerprint density at radius 1 is 1.30 bits per heavy atom. The molecule has 1 aliphatic heterocycles. The van der Waals surface area contributed by atoms with Crippen molar-refractivity contribution in [2.24, 2.45) is 11.8 Å². The van der Waals surface area contributed by atoms with E-state index < -0.39 is 0 Å². The minimum Gasteiger partial charge on any atom is -0.484 e. The zero-order valence-corrected chi connectivity index (χ0v) is 15.1. The van der Waals surface area contributed by atoms with Crippen molar-refractivity contribution in [3.63, 3.8) is 0 Å². The minimum atomic E-state index is -0.0533. The highest BCUT2D eigenvalue weighted by Gasteiger charge is 2.40. The third-order valence-electron chi connectivity index (χ3n) is 5.58. The van der Waals surface area contributed by atoms with Gasteiger partial charge in [0.15, 0.2) is 6.61 Å². The van der Waals surface area contributed by atoms with Crippen molar-refractivity contribution in [3.05, 3.63) is 30.6 Å². The molecule has 2 aromatic rings. The first-order valence-corrected chi connectivity index (χ1v) is 9.08. The molecule has 1 saturated heterocycles. The molecule has 0 unspecified atom stereocenters. The first kappa shape index (κ1) is 17.4. The van der Waals surface area contributed by atoms with Gasteiger partial charge in [0.25, 0.3) is 5.91 Å². The van der Waals surface area contributed by atoms with E-state index >= 15 is 0 Å². The van der Waals surface area contributed by atoms with Gasteiger partial charge >= 0.3 is 0 Å². The summed E-state index contributed by atoms with van der Waals surface area (Å²) in [7, 11) is 1.82. The van der Waals surface area contributed by atoms with Gasteiger partial charge < -0.3 is 15.0 Å². The Morgan fingerprint density at radius 3 is 2.81 bits per heavy atom. The lowest BCUT2D eigenvalue weighted by molar-refractivity contribution is -0.134. The number of nitrogens with zero attached hydrogens (tertiary/aromatic N) is 5. The van der Waals surface area contributed by atoms with Crippen LogP contribution in [-0.2, 0) is 9.59 Å². The Morgan fingerprint density at radius 2 is 2.07 bits per heavy atom. The number of tetrazole rings is 1. The summed E-state index contributed by atoms with van der Waals surface area (Å²) in [5.74, 6) is 1.55. The number of carbonyl (C=O) groups excluding carboxylic acids is 2. The molecule has 1 N–H and O–H groups in total. The summed E-state index contributed by atoms with van der Waals surface area (Å²) in [5.41, 5.74) is 0.813. The maximum Gasteiger partial charge on any atom is 0.260 e.